The third-order valence-corrected chi connectivity index (χ3v) is 4.96. The molecule has 0 spiro atoms. The largest absolute Gasteiger partial charge is 1.00 e. The zero-order valence-corrected chi connectivity index (χ0v) is 15.1. The number of nitrogens with zero attached hydrogens (tertiary/aromatic N) is 1. The summed E-state index contributed by atoms with van der Waals surface area (Å²) in [5.74, 6) is 0. The van der Waals surface area contributed by atoms with Crippen LogP contribution in [-0.4, -0.2) is 29.7 Å². The van der Waals surface area contributed by atoms with Crippen LogP contribution in [0.3, 0.4) is 0 Å². The molecule has 0 fully saturated rings. The number of unbranched alkanes of at least 4 members (excludes halogenated alkanes) is 3. The first kappa shape index (κ1) is 22.2. The quantitative estimate of drug-likeness (QED) is 0.485. The Morgan fingerprint density at radius 1 is 0.650 bits per heavy atom. The summed E-state index contributed by atoms with van der Waals surface area (Å²) < 4.78 is 1.37. The van der Waals surface area contributed by atoms with Gasteiger partial charge in [0, 0.05) is 6.42 Å². The summed E-state index contributed by atoms with van der Waals surface area (Å²) >= 11 is 0. The molecule has 0 N–H and O–H groups in total. The van der Waals surface area contributed by atoms with Crippen molar-refractivity contribution in [1.82, 2.24) is 0 Å². The van der Waals surface area contributed by atoms with E-state index >= 15 is 0 Å². The molecule has 0 heterocycles. The fraction of sp³-hybridized carbons (Fsp3) is 1.00. The minimum absolute atomic E-state index is 0. The van der Waals surface area contributed by atoms with Crippen LogP contribution in [-0.2, 0) is 0 Å². The highest BCUT2D eigenvalue weighted by Crippen LogP contribution is 2.32. The maximum absolute atomic E-state index is 2.53. The van der Waals surface area contributed by atoms with E-state index in [4.69, 9.17) is 0 Å². The second-order valence-electron chi connectivity index (χ2n) is 6.94. The molecule has 0 atom stereocenters. The van der Waals surface area contributed by atoms with Crippen molar-refractivity contribution in [3.63, 3.8) is 0 Å². The van der Waals surface area contributed by atoms with Gasteiger partial charge in [-0.25, -0.2) is 0 Å². The van der Waals surface area contributed by atoms with E-state index in [1.54, 1.807) is 0 Å². The van der Waals surface area contributed by atoms with Crippen LogP contribution in [0.1, 0.15) is 92.9 Å². The molecule has 1 nitrogen and oxygen atoms in total. The van der Waals surface area contributed by atoms with Gasteiger partial charge in [0.15, 0.2) is 0 Å². The van der Waals surface area contributed by atoms with E-state index in [0.717, 1.165) is 0 Å². The molecule has 0 bridgehead atoms. The van der Waals surface area contributed by atoms with Gasteiger partial charge < -0.3 is 9.19 Å². The molecule has 0 saturated carbocycles. The molecule has 0 unspecified atom stereocenters. The molecular weight excluding hydrogens is 249 g/mol. The van der Waals surface area contributed by atoms with Crippen LogP contribution in [0.5, 0.6) is 0 Å². The Kier molecular flexibility index (Phi) is 12.8. The third-order valence-electron chi connectivity index (χ3n) is 4.96. The van der Waals surface area contributed by atoms with Crippen LogP contribution < -0.4 is 4.70 Å². The maximum Gasteiger partial charge on any atom is 0.0935 e. The molecule has 0 aromatic carbocycles. The third kappa shape index (κ3) is 6.56. The molecule has 0 amide bonds. The monoisotopic (exact) mass is 289 g/mol. The topological polar surface area (TPSA) is 0 Å². The number of rotatable bonds is 12. The Hall–Kier alpha value is -0.110. The van der Waals surface area contributed by atoms with Crippen LogP contribution in [0.4, 0.5) is 0 Å². The van der Waals surface area contributed by atoms with Gasteiger partial charge in [0.2, 0.25) is 0 Å². The average Bonchev–Trinajstić information content (AvgIpc) is 2.38. The molecule has 0 radical (unpaired) electrons. The van der Waals surface area contributed by atoms with Crippen LogP contribution in [0.15, 0.2) is 0 Å². The summed E-state index contributed by atoms with van der Waals surface area (Å²) in [6.07, 6.45) is 10.9. The fourth-order valence-corrected chi connectivity index (χ4v) is 3.47. The summed E-state index contributed by atoms with van der Waals surface area (Å²) in [6.45, 7) is 18.6. The van der Waals surface area contributed by atoms with Gasteiger partial charge in [-0.3, -0.25) is 0 Å². The fourth-order valence-electron chi connectivity index (χ4n) is 3.47. The summed E-state index contributed by atoms with van der Waals surface area (Å²) in [5.41, 5.74) is 0.453. The molecule has 0 aliphatic carbocycles. The molecule has 0 aromatic heterocycles. The van der Waals surface area contributed by atoms with E-state index in [9.17, 15) is 0 Å². The SMILES string of the molecule is CCCC[N+](CCCC)(CCCC)C(C)(C)CCC.[F-]. The van der Waals surface area contributed by atoms with Gasteiger partial charge in [0.05, 0.1) is 25.2 Å². The Balaban J connectivity index is 0. The van der Waals surface area contributed by atoms with Crippen molar-refractivity contribution in [2.45, 2.75) is 98.4 Å². The van der Waals surface area contributed by atoms with Crippen molar-refractivity contribution in [2.75, 3.05) is 19.6 Å². The van der Waals surface area contributed by atoms with E-state index in [1.165, 1.54) is 75.5 Å². The van der Waals surface area contributed by atoms with Gasteiger partial charge in [0.1, 0.15) is 0 Å². The van der Waals surface area contributed by atoms with Crippen LogP contribution in [0.25, 0.3) is 0 Å². The maximum atomic E-state index is 2.53. The summed E-state index contributed by atoms with van der Waals surface area (Å²) in [4.78, 5) is 0. The molecule has 0 aromatic rings. The van der Waals surface area contributed by atoms with Crippen LogP contribution in [0, 0.1) is 0 Å². The van der Waals surface area contributed by atoms with E-state index in [2.05, 4.69) is 41.5 Å². The second kappa shape index (κ2) is 11.5. The van der Waals surface area contributed by atoms with E-state index in [0.29, 0.717) is 5.54 Å². The molecule has 2 heteroatoms. The molecular formula is C18H40FN. The minimum atomic E-state index is 0. The highest BCUT2D eigenvalue weighted by atomic mass is 19.0. The Labute approximate surface area is 128 Å². The second-order valence-corrected chi connectivity index (χ2v) is 6.94. The lowest BCUT2D eigenvalue weighted by molar-refractivity contribution is -0.973. The van der Waals surface area contributed by atoms with E-state index in [-0.39, 0.29) is 4.70 Å². The smallest absolute Gasteiger partial charge is 0.0935 e. The lowest BCUT2D eigenvalue weighted by Gasteiger charge is -2.51. The van der Waals surface area contributed by atoms with Gasteiger partial charge >= 0.3 is 0 Å². The number of quaternary nitrogens is 1. The first-order valence-corrected chi connectivity index (χ1v) is 8.85. The summed E-state index contributed by atoms with van der Waals surface area (Å²) in [7, 11) is 0. The summed E-state index contributed by atoms with van der Waals surface area (Å²) in [6, 6.07) is 0. The van der Waals surface area contributed by atoms with Crippen molar-refractivity contribution in [2.24, 2.45) is 0 Å². The Morgan fingerprint density at radius 2 is 1.00 bits per heavy atom. The van der Waals surface area contributed by atoms with E-state index in [1.807, 2.05) is 0 Å². The minimum Gasteiger partial charge on any atom is -1.00 e. The summed E-state index contributed by atoms with van der Waals surface area (Å²) in [5, 5.41) is 0. The van der Waals surface area contributed by atoms with Crippen LogP contribution >= 0.6 is 0 Å². The zero-order chi connectivity index (χ0) is 14.8. The molecule has 124 valence electrons. The van der Waals surface area contributed by atoms with Crippen molar-refractivity contribution in [3.8, 4) is 0 Å². The van der Waals surface area contributed by atoms with Gasteiger partial charge in [-0.05, 0) is 33.1 Å². The van der Waals surface area contributed by atoms with Gasteiger partial charge in [-0.2, -0.15) is 0 Å². The lowest BCUT2D eigenvalue weighted by Crippen LogP contribution is -3.00. The Morgan fingerprint density at radius 3 is 1.25 bits per heavy atom. The van der Waals surface area contributed by atoms with Crippen molar-refractivity contribution >= 4 is 0 Å². The van der Waals surface area contributed by atoms with Crippen molar-refractivity contribution in [1.29, 1.82) is 0 Å². The normalized spacial score (nSPS) is 12.3. The predicted molar refractivity (Wildman–Crippen MR) is 88.6 cm³/mol. The molecule has 0 saturated heterocycles. The van der Waals surface area contributed by atoms with Gasteiger partial charge in [-0.1, -0.05) is 53.4 Å². The highest BCUT2D eigenvalue weighted by molar-refractivity contribution is 4.71. The van der Waals surface area contributed by atoms with Crippen LogP contribution in [0.2, 0.25) is 0 Å². The molecule has 0 aliphatic rings. The lowest BCUT2D eigenvalue weighted by atomic mass is 9.90. The van der Waals surface area contributed by atoms with Gasteiger partial charge in [-0.15, -0.1) is 0 Å². The first-order chi connectivity index (χ1) is 8.99. The number of halogens is 1. The number of hydrogen-bond acceptors (Lipinski definition) is 0. The molecule has 0 rings (SSSR count). The Bertz CT molecular complexity index is 192. The van der Waals surface area contributed by atoms with Gasteiger partial charge in [0.25, 0.3) is 0 Å². The van der Waals surface area contributed by atoms with Crippen molar-refractivity contribution < 1.29 is 9.19 Å². The first-order valence-electron chi connectivity index (χ1n) is 8.85. The molecule has 20 heavy (non-hydrogen) atoms. The number of hydrogen-bond donors (Lipinski definition) is 0. The van der Waals surface area contributed by atoms with Crippen molar-refractivity contribution in [3.05, 3.63) is 0 Å². The highest BCUT2D eigenvalue weighted by Gasteiger charge is 2.41. The standard InChI is InChI=1S/C18H40N.FH/c1-7-11-15-19(16-12-8-2,17-13-9-3)18(5,6)14-10-4;/h7-17H2,1-6H3;1H/q+1;/p-1. The van der Waals surface area contributed by atoms with E-state index < -0.39 is 0 Å². The average molecular weight is 290 g/mol. The zero-order valence-electron chi connectivity index (χ0n) is 15.1. The predicted octanol–water partition coefficient (Wildman–Crippen LogP) is 2.79. The molecule has 0 aliphatic heterocycles.